The highest BCUT2D eigenvalue weighted by atomic mass is 32.1. The molecular weight excluding hydrogens is 707 g/mol. The Bertz CT molecular complexity index is 2290. The number of rotatable bonds is 7. The van der Waals surface area contributed by atoms with Crippen molar-refractivity contribution in [2.24, 2.45) is 5.41 Å². The van der Waals surface area contributed by atoms with Gasteiger partial charge in [0.25, 0.3) is 11.8 Å². The number of benzene rings is 3. The van der Waals surface area contributed by atoms with E-state index in [1.54, 1.807) is 35.2 Å². The van der Waals surface area contributed by atoms with Gasteiger partial charge in [-0.05, 0) is 104 Å². The van der Waals surface area contributed by atoms with Crippen LogP contribution in [0.4, 0.5) is 26.0 Å². The van der Waals surface area contributed by atoms with Crippen molar-refractivity contribution >= 4 is 46.1 Å². The summed E-state index contributed by atoms with van der Waals surface area (Å²) in [6.45, 7) is 3.69. The zero-order valence-corrected chi connectivity index (χ0v) is 30.4. The number of amides is 2. The molecule has 3 aliphatic heterocycles. The Balaban J connectivity index is 0.917. The number of carbonyl (C=O) groups excluding carboxylic acids is 3. The minimum Gasteiger partial charge on any atom is -0.381 e. The maximum absolute atomic E-state index is 14.3. The number of nitrogens with zero attached hydrogens (tertiary/aromatic N) is 3. The Hall–Kier alpha value is -5.26. The second kappa shape index (κ2) is 13.9. The number of ketones is 1. The molecule has 11 heteroatoms. The number of para-hydroxylation sites is 1. The second-order valence-electron chi connectivity index (χ2n) is 14.8. The molecule has 8 nitrogen and oxygen atoms in total. The molecule has 0 atom stereocenters. The van der Waals surface area contributed by atoms with Gasteiger partial charge in [0.1, 0.15) is 17.5 Å². The number of thiophene rings is 1. The Morgan fingerprint density at radius 2 is 1.63 bits per heavy atom. The summed E-state index contributed by atoms with van der Waals surface area (Å²) >= 11 is 1.28. The molecule has 54 heavy (non-hydrogen) atoms. The number of Topliss-reactive ketones (excluding diaryl/α,β-unsaturated/α-hetero) is 1. The van der Waals surface area contributed by atoms with Crippen LogP contribution in [0.3, 0.4) is 0 Å². The standard InChI is InChI=1S/C43H38F2N4O4S/c44-33-7-4-8-34(45)31(33)23-37(50)38-22-28-15-18-49(36-10-2-1-6-30(36)39(28)54-38)42(52)26-11-13-29(14-12-26)46-41(51)32-21-27-5-3-9-35(27)47-40(32)48-24-43(25-48)16-19-53-20-17-43/h1-2,4,6-8,10-14,21-22H,3,5,9,15-20,23-25H2,(H,46,51). The minimum atomic E-state index is -0.743. The Morgan fingerprint density at radius 1 is 0.870 bits per heavy atom. The molecule has 2 saturated heterocycles. The highest BCUT2D eigenvalue weighted by Crippen LogP contribution is 2.44. The lowest BCUT2D eigenvalue weighted by atomic mass is 9.73. The predicted molar refractivity (Wildman–Crippen MR) is 205 cm³/mol. The number of fused-ring (bicyclic) bond motifs is 4. The Labute approximate surface area is 315 Å². The molecule has 2 fully saturated rings. The fourth-order valence-corrected chi connectivity index (χ4v) is 9.53. The van der Waals surface area contributed by atoms with Gasteiger partial charge in [-0.15, -0.1) is 11.3 Å². The molecule has 5 heterocycles. The maximum Gasteiger partial charge on any atom is 0.259 e. The SMILES string of the molecule is O=C(Cc1c(F)cccc1F)c1cc2c(s1)-c1ccccc1N(C(=O)c1ccc(NC(=O)c3cc4c(nc3N3CC5(CCOCC5)C3)CCC4)cc1)CC2. The average molecular weight is 745 g/mol. The smallest absolute Gasteiger partial charge is 0.259 e. The number of nitrogens with one attached hydrogen (secondary N) is 1. The first-order chi connectivity index (χ1) is 26.2. The molecule has 0 radical (unpaired) electrons. The monoisotopic (exact) mass is 744 g/mol. The van der Waals surface area contributed by atoms with Gasteiger partial charge in [0, 0.05) is 77.6 Å². The zero-order chi connectivity index (χ0) is 37.0. The highest BCUT2D eigenvalue weighted by molar-refractivity contribution is 7.17. The summed E-state index contributed by atoms with van der Waals surface area (Å²) in [4.78, 5) is 51.4. The average Bonchev–Trinajstić information content (AvgIpc) is 3.79. The molecule has 1 aliphatic carbocycles. The molecule has 274 valence electrons. The molecular formula is C43H38F2N4O4S. The molecule has 9 rings (SSSR count). The van der Waals surface area contributed by atoms with E-state index in [1.807, 2.05) is 30.3 Å². The third kappa shape index (κ3) is 6.28. The minimum absolute atomic E-state index is 0.188. The van der Waals surface area contributed by atoms with Crippen LogP contribution in [0.15, 0.2) is 78.9 Å². The summed E-state index contributed by atoms with van der Waals surface area (Å²) < 4.78 is 34.2. The molecule has 0 saturated carbocycles. The Kier molecular flexibility index (Phi) is 8.86. The molecule has 3 aromatic carbocycles. The molecule has 4 aliphatic rings. The largest absolute Gasteiger partial charge is 0.381 e. The highest BCUT2D eigenvalue weighted by Gasteiger charge is 2.45. The molecule has 2 amide bonds. The number of ether oxygens (including phenoxy) is 1. The van der Waals surface area contributed by atoms with Gasteiger partial charge in [-0.1, -0.05) is 24.3 Å². The van der Waals surface area contributed by atoms with Gasteiger partial charge in [-0.25, -0.2) is 13.8 Å². The molecule has 0 bridgehead atoms. The molecule has 1 spiro atoms. The number of carbonyl (C=O) groups is 3. The maximum atomic E-state index is 14.3. The van der Waals surface area contributed by atoms with Crippen LogP contribution >= 0.6 is 11.3 Å². The first kappa shape index (κ1) is 34.5. The summed E-state index contributed by atoms with van der Waals surface area (Å²) in [5.74, 6) is -1.50. The topological polar surface area (TPSA) is 91.8 Å². The summed E-state index contributed by atoms with van der Waals surface area (Å²) in [5.41, 5.74) is 6.28. The number of anilines is 3. The fraction of sp³-hybridized carbons (Fsp3) is 0.302. The van der Waals surface area contributed by atoms with Crippen molar-refractivity contribution in [1.82, 2.24) is 4.98 Å². The van der Waals surface area contributed by atoms with Crippen LogP contribution in [0, 0.1) is 17.0 Å². The van der Waals surface area contributed by atoms with E-state index in [9.17, 15) is 23.2 Å². The summed E-state index contributed by atoms with van der Waals surface area (Å²) in [6, 6.07) is 21.9. The Morgan fingerprint density at radius 3 is 2.41 bits per heavy atom. The van der Waals surface area contributed by atoms with Crippen molar-refractivity contribution in [3.8, 4) is 10.4 Å². The first-order valence-corrected chi connectivity index (χ1v) is 19.3. The first-order valence-electron chi connectivity index (χ1n) is 18.5. The van der Waals surface area contributed by atoms with Gasteiger partial charge in [-0.3, -0.25) is 14.4 Å². The van der Waals surface area contributed by atoms with E-state index in [1.165, 1.54) is 17.4 Å². The lowest BCUT2D eigenvalue weighted by Crippen LogP contribution is -2.59. The lowest BCUT2D eigenvalue weighted by molar-refractivity contribution is -0.000521. The third-order valence-electron chi connectivity index (χ3n) is 11.3. The van der Waals surface area contributed by atoms with E-state index in [-0.39, 0.29) is 35.0 Å². The second-order valence-corrected chi connectivity index (χ2v) is 15.9. The van der Waals surface area contributed by atoms with Crippen molar-refractivity contribution < 1.29 is 27.9 Å². The normalized spacial score (nSPS) is 16.9. The van der Waals surface area contributed by atoms with E-state index < -0.39 is 11.6 Å². The van der Waals surface area contributed by atoms with Gasteiger partial charge in [0.15, 0.2) is 5.78 Å². The summed E-state index contributed by atoms with van der Waals surface area (Å²) in [5, 5.41) is 3.06. The van der Waals surface area contributed by atoms with Crippen LogP contribution in [-0.2, 0) is 30.4 Å². The predicted octanol–water partition coefficient (Wildman–Crippen LogP) is 8.07. The van der Waals surface area contributed by atoms with Gasteiger partial charge >= 0.3 is 0 Å². The van der Waals surface area contributed by atoms with Gasteiger partial charge in [0.05, 0.1) is 16.1 Å². The summed E-state index contributed by atoms with van der Waals surface area (Å²) in [6.07, 6.45) is 5.07. The van der Waals surface area contributed by atoms with Crippen molar-refractivity contribution in [3.63, 3.8) is 0 Å². The van der Waals surface area contributed by atoms with Crippen molar-refractivity contribution in [1.29, 1.82) is 0 Å². The number of hydrogen-bond donors (Lipinski definition) is 1. The van der Waals surface area contributed by atoms with Crippen LogP contribution in [-0.4, -0.2) is 55.4 Å². The van der Waals surface area contributed by atoms with E-state index >= 15 is 0 Å². The number of aromatic nitrogens is 1. The number of aryl methyl sites for hydroxylation is 2. The van der Waals surface area contributed by atoms with Crippen LogP contribution in [0.5, 0.6) is 0 Å². The molecule has 2 aromatic heterocycles. The summed E-state index contributed by atoms with van der Waals surface area (Å²) in [7, 11) is 0. The van der Waals surface area contributed by atoms with E-state index in [2.05, 4.69) is 10.2 Å². The van der Waals surface area contributed by atoms with E-state index in [0.29, 0.717) is 40.3 Å². The van der Waals surface area contributed by atoms with E-state index in [4.69, 9.17) is 9.72 Å². The van der Waals surface area contributed by atoms with Crippen LogP contribution in [0.2, 0.25) is 0 Å². The van der Waals surface area contributed by atoms with Crippen molar-refractivity contribution in [2.45, 2.75) is 44.9 Å². The lowest BCUT2D eigenvalue weighted by Gasteiger charge is -2.53. The third-order valence-corrected chi connectivity index (χ3v) is 12.6. The van der Waals surface area contributed by atoms with Crippen molar-refractivity contribution in [3.05, 3.63) is 129 Å². The van der Waals surface area contributed by atoms with Gasteiger partial charge in [-0.2, -0.15) is 0 Å². The molecule has 1 N–H and O–H groups in total. The van der Waals surface area contributed by atoms with Crippen LogP contribution in [0.25, 0.3) is 10.4 Å². The van der Waals surface area contributed by atoms with Gasteiger partial charge < -0.3 is 19.9 Å². The van der Waals surface area contributed by atoms with Crippen molar-refractivity contribution in [2.75, 3.05) is 48.0 Å². The van der Waals surface area contributed by atoms with Crippen LogP contribution in [0.1, 0.15) is 72.0 Å². The number of pyridine rings is 1. The molecule has 0 unspecified atom stereocenters. The zero-order valence-electron chi connectivity index (χ0n) is 29.6. The number of halogens is 2. The molecule has 5 aromatic rings. The van der Waals surface area contributed by atoms with Gasteiger partial charge in [0.2, 0.25) is 0 Å². The quantitative estimate of drug-likeness (QED) is 0.170. The van der Waals surface area contributed by atoms with E-state index in [0.717, 1.165) is 104 Å². The number of hydrogen-bond acceptors (Lipinski definition) is 7. The van der Waals surface area contributed by atoms with Crippen LogP contribution < -0.4 is 15.1 Å². The fourth-order valence-electron chi connectivity index (χ4n) is 8.35.